The van der Waals surface area contributed by atoms with Crippen LogP contribution in [0.2, 0.25) is 0 Å². The predicted octanol–water partition coefficient (Wildman–Crippen LogP) is 2.12. The van der Waals surface area contributed by atoms with Gasteiger partial charge in [0, 0.05) is 23.8 Å². The van der Waals surface area contributed by atoms with Crippen molar-refractivity contribution < 1.29 is 8.42 Å². The van der Waals surface area contributed by atoms with Gasteiger partial charge in [-0.25, -0.2) is 17.8 Å². The molecular weight excluding hydrogens is 420 g/mol. The van der Waals surface area contributed by atoms with E-state index in [1.54, 1.807) is 41.1 Å². The van der Waals surface area contributed by atoms with Crippen molar-refractivity contribution in [1.29, 1.82) is 0 Å². The van der Waals surface area contributed by atoms with E-state index in [0.717, 1.165) is 5.69 Å². The molecule has 0 fully saturated rings. The molecule has 0 atom stereocenters. The fraction of sp³-hybridized carbons (Fsp3) is 0.188. The lowest BCUT2D eigenvalue weighted by Crippen LogP contribution is -2.29. The smallest absolute Gasteiger partial charge is 0.241 e. The lowest BCUT2D eigenvalue weighted by Gasteiger charge is -2.09. The average molecular weight is 437 g/mol. The SMILES string of the molecule is Cc1ccn(-c2ccc(NCCNS(=O)(=O)c3ccccc3Br)nn2)n1. The molecule has 3 aromatic rings. The molecule has 0 spiro atoms. The summed E-state index contributed by atoms with van der Waals surface area (Å²) in [6.45, 7) is 2.49. The van der Waals surface area contributed by atoms with Gasteiger partial charge in [0.05, 0.1) is 10.6 Å². The number of aryl methyl sites for hydroxylation is 1. The van der Waals surface area contributed by atoms with E-state index >= 15 is 0 Å². The van der Waals surface area contributed by atoms with Gasteiger partial charge in [-0.3, -0.25) is 0 Å². The Bertz CT molecular complexity index is 988. The average Bonchev–Trinajstić information content (AvgIpc) is 3.06. The lowest BCUT2D eigenvalue weighted by molar-refractivity contribution is 0.582. The van der Waals surface area contributed by atoms with Crippen molar-refractivity contribution in [3.8, 4) is 5.82 Å². The van der Waals surface area contributed by atoms with E-state index in [1.807, 2.05) is 19.2 Å². The number of aromatic nitrogens is 4. The standard InChI is InChI=1S/C16H17BrN6O2S/c1-12-8-11-23(22-12)16-7-6-15(20-21-16)18-9-10-19-26(24,25)14-5-3-2-4-13(14)17/h2-8,11,19H,9-10H2,1H3,(H,18,20). The van der Waals surface area contributed by atoms with E-state index < -0.39 is 10.0 Å². The highest BCUT2D eigenvalue weighted by atomic mass is 79.9. The zero-order valence-electron chi connectivity index (χ0n) is 13.9. The van der Waals surface area contributed by atoms with Gasteiger partial charge in [-0.1, -0.05) is 12.1 Å². The number of nitrogens with zero attached hydrogens (tertiary/aromatic N) is 4. The Hall–Kier alpha value is -2.30. The summed E-state index contributed by atoms with van der Waals surface area (Å²) in [5, 5.41) is 15.4. The van der Waals surface area contributed by atoms with Crippen LogP contribution in [0.1, 0.15) is 5.69 Å². The van der Waals surface area contributed by atoms with Gasteiger partial charge >= 0.3 is 0 Å². The Balaban J connectivity index is 1.53. The molecule has 2 aromatic heterocycles. The zero-order valence-corrected chi connectivity index (χ0v) is 16.3. The summed E-state index contributed by atoms with van der Waals surface area (Å²) in [6, 6.07) is 12.1. The van der Waals surface area contributed by atoms with Crippen LogP contribution in [0.3, 0.4) is 0 Å². The quantitative estimate of drug-likeness (QED) is 0.550. The minimum absolute atomic E-state index is 0.207. The van der Waals surface area contributed by atoms with Gasteiger partial charge in [0.1, 0.15) is 5.82 Å². The van der Waals surface area contributed by atoms with Crippen molar-refractivity contribution in [3.63, 3.8) is 0 Å². The van der Waals surface area contributed by atoms with Crippen molar-refractivity contribution >= 4 is 31.8 Å². The first-order chi connectivity index (χ1) is 12.5. The van der Waals surface area contributed by atoms with E-state index in [4.69, 9.17) is 0 Å². The van der Waals surface area contributed by atoms with Crippen molar-refractivity contribution in [2.75, 3.05) is 18.4 Å². The highest BCUT2D eigenvalue weighted by Gasteiger charge is 2.16. The third kappa shape index (κ3) is 4.45. The van der Waals surface area contributed by atoms with Gasteiger partial charge < -0.3 is 5.32 Å². The van der Waals surface area contributed by atoms with Crippen LogP contribution in [-0.4, -0.2) is 41.5 Å². The van der Waals surface area contributed by atoms with Crippen LogP contribution in [0.4, 0.5) is 5.82 Å². The van der Waals surface area contributed by atoms with Crippen LogP contribution in [-0.2, 0) is 10.0 Å². The van der Waals surface area contributed by atoms with E-state index in [1.165, 1.54) is 0 Å². The van der Waals surface area contributed by atoms with Gasteiger partial charge in [-0.2, -0.15) is 5.10 Å². The highest BCUT2D eigenvalue weighted by Crippen LogP contribution is 2.20. The Morgan fingerprint density at radius 1 is 1.08 bits per heavy atom. The molecule has 0 saturated heterocycles. The predicted molar refractivity (Wildman–Crippen MR) is 102 cm³/mol. The molecule has 3 rings (SSSR count). The number of halogens is 1. The maximum Gasteiger partial charge on any atom is 0.241 e. The molecule has 0 saturated carbocycles. The molecule has 0 radical (unpaired) electrons. The number of rotatable bonds is 7. The minimum atomic E-state index is -3.57. The van der Waals surface area contributed by atoms with Gasteiger partial charge in [0.25, 0.3) is 0 Å². The molecule has 2 N–H and O–H groups in total. The highest BCUT2D eigenvalue weighted by molar-refractivity contribution is 9.10. The Kier molecular flexibility index (Phi) is 5.64. The lowest BCUT2D eigenvalue weighted by atomic mass is 10.4. The summed E-state index contributed by atoms with van der Waals surface area (Å²) in [6.07, 6.45) is 1.81. The molecular formula is C16H17BrN6O2S. The largest absolute Gasteiger partial charge is 0.367 e. The Labute approximate surface area is 159 Å². The van der Waals surface area contributed by atoms with Crippen molar-refractivity contribution in [2.24, 2.45) is 0 Å². The fourth-order valence-electron chi connectivity index (χ4n) is 2.20. The molecule has 1 aromatic carbocycles. The number of nitrogens with one attached hydrogen (secondary N) is 2. The van der Waals surface area contributed by atoms with Crippen LogP contribution < -0.4 is 10.0 Å². The summed E-state index contributed by atoms with van der Waals surface area (Å²) < 4.78 is 29.2. The molecule has 2 heterocycles. The van der Waals surface area contributed by atoms with Gasteiger partial charge in [-0.05, 0) is 53.2 Å². The summed E-state index contributed by atoms with van der Waals surface area (Å²) in [5.74, 6) is 1.16. The second kappa shape index (κ2) is 7.94. The second-order valence-electron chi connectivity index (χ2n) is 5.43. The van der Waals surface area contributed by atoms with Crippen molar-refractivity contribution in [3.05, 3.63) is 58.8 Å². The minimum Gasteiger partial charge on any atom is -0.367 e. The van der Waals surface area contributed by atoms with E-state index in [-0.39, 0.29) is 11.4 Å². The first kappa shape index (κ1) is 18.5. The van der Waals surface area contributed by atoms with Crippen LogP contribution in [0, 0.1) is 6.92 Å². The molecule has 26 heavy (non-hydrogen) atoms. The molecule has 0 unspecified atom stereocenters. The monoisotopic (exact) mass is 436 g/mol. The van der Waals surface area contributed by atoms with Gasteiger partial charge in [0.2, 0.25) is 10.0 Å². The summed E-state index contributed by atoms with van der Waals surface area (Å²) in [7, 11) is -3.57. The van der Waals surface area contributed by atoms with E-state index in [9.17, 15) is 8.42 Å². The van der Waals surface area contributed by atoms with E-state index in [2.05, 4.69) is 41.3 Å². The molecule has 0 aliphatic rings. The molecule has 8 nitrogen and oxygen atoms in total. The Morgan fingerprint density at radius 2 is 1.88 bits per heavy atom. The maximum atomic E-state index is 12.3. The second-order valence-corrected chi connectivity index (χ2v) is 8.02. The van der Waals surface area contributed by atoms with Crippen LogP contribution in [0.5, 0.6) is 0 Å². The van der Waals surface area contributed by atoms with E-state index in [0.29, 0.717) is 22.7 Å². The van der Waals surface area contributed by atoms with Crippen LogP contribution >= 0.6 is 15.9 Å². The maximum absolute atomic E-state index is 12.3. The normalized spacial score (nSPS) is 11.5. The fourth-order valence-corrected chi connectivity index (χ4v) is 4.23. The van der Waals surface area contributed by atoms with Crippen molar-refractivity contribution in [1.82, 2.24) is 24.7 Å². The van der Waals surface area contributed by atoms with Crippen LogP contribution in [0.15, 0.2) is 58.0 Å². The molecule has 0 amide bonds. The molecule has 0 aliphatic carbocycles. The third-order valence-electron chi connectivity index (χ3n) is 3.46. The number of sulfonamides is 1. The first-order valence-corrected chi connectivity index (χ1v) is 10.1. The van der Waals surface area contributed by atoms with Crippen molar-refractivity contribution in [2.45, 2.75) is 11.8 Å². The first-order valence-electron chi connectivity index (χ1n) is 7.80. The molecule has 0 bridgehead atoms. The molecule has 0 aliphatic heterocycles. The topological polar surface area (TPSA) is 102 Å². The molecule has 10 heteroatoms. The number of hydrogen-bond acceptors (Lipinski definition) is 6. The number of anilines is 1. The van der Waals surface area contributed by atoms with Crippen LogP contribution in [0.25, 0.3) is 5.82 Å². The number of benzene rings is 1. The summed E-state index contributed by atoms with van der Waals surface area (Å²) in [4.78, 5) is 0.207. The summed E-state index contributed by atoms with van der Waals surface area (Å²) in [5.41, 5.74) is 0.895. The zero-order chi connectivity index (χ0) is 18.6. The molecule has 136 valence electrons. The van der Waals surface area contributed by atoms with Gasteiger partial charge in [0.15, 0.2) is 5.82 Å². The Morgan fingerprint density at radius 3 is 2.54 bits per heavy atom. The van der Waals surface area contributed by atoms with Gasteiger partial charge in [-0.15, -0.1) is 10.2 Å². The number of hydrogen-bond donors (Lipinski definition) is 2. The summed E-state index contributed by atoms with van der Waals surface area (Å²) >= 11 is 3.25. The third-order valence-corrected chi connectivity index (χ3v) is 5.93.